The molecular weight excluding hydrogens is 178 g/mol. The molecule has 14 heavy (non-hydrogen) atoms. The van der Waals surface area contributed by atoms with E-state index in [9.17, 15) is 4.79 Å². The van der Waals surface area contributed by atoms with Crippen molar-refractivity contribution >= 4 is 5.78 Å². The molecule has 4 nitrogen and oxygen atoms in total. The smallest absolute Gasteiger partial charge is 0.159 e. The van der Waals surface area contributed by atoms with Crippen molar-refractivity contribution in [1.82, 2.24) is 15.2 Å². The number of hydrogen-bond donors (Lipinski definition) is 1. The average molecular weight is 187 g/mol. The maximum absolute atomic E-state index is 11.1. The molecule has 4 heteroatoms. The maximum atomic E-state index is 11.1. The molecule has 0 bridgehead atoms. The molecule has 0 radical (unpaired) electrons. The fourth-order valence-corrected chi connectivity index (χ4v) is 1.19. The Morgan fingerprint density at radius 3 is 2.86 bits per heavy atom. The quantitative estimate of drug-likeness (QED) is 0.727. The number of H-pyrrole nitrogens is 1. The summed E-state index contributed by atoms with van der Waals surface area (Å²) in [6.45, 7) is 1.53. The lowest BCUT2D eigenvalue weighted by atomic mass is 10.1. The minimum absolute atomic E-state index is 0.0317. The van der Waals surface area contributed by atoms with E-state index in [1.54, 1.807) is 24.5 Å². The van der Waals surface area contributed by atoms with E-state index >= 15 is 0 Å². The van der Waals surface area contributed by atoms with E-state index in [0.717, 1.165) is 5.69 Å². The second-order valence-electron chi connectivity index (χ2n) is 2.95. The molecule has 0 aliphatic carbocycles. The Morgan fingerprint density at radius 1 is 1.36 bits per heavy atom. The molecule has 0 aliphatic heterocycles. The van der Waals surface area contributed by atoms with E-state index in [2.05, 4.69) is 15.2 Å². The first-order valence-electron chi connectivity index (χ1n) is 4.24. The summed E-state index contributed by atoms with van der Waals surface area (Å²) in [6, 6.07) is 5.24. The third kappa shape index (κ3) is 1.54. The molecule has 0 saturated carbocycles. The summed E-state index contributed by atoms with van der Waals surface area (Å²) in [4.78, 5) is 15.2. The number of carbonyl (C=O) groups excluding carboxylic acids is 1. The molecule has 2 rings (SSSR count). The first-order valence-corrected chi connectivity index (χ1v) is 4.24. The lowest BCUT2D eigenvalue weighted by Gasteiger charge is -1.97. The number of ketones is 1. The van der Waals surface area contributed by atoms with Crippen molar-refractivity contribution < 1.29 is 4.79 Å². The molecule has 0 aliphatic rings. The van der Waals surface area contributed by atoms with Gasteiger partial charge in [0, 0.05) is 18.0 Å². The molecule has 0 atom stereocenters. The summed E-state index contributed by atoms with van der Waals surface area (Å²) in [5.41, 5.74) is 2.10. The van der Waals surface area contributed by atoms with Crippen LogP contribution in [0.5, 0.6) is 0 Å². The van der Waals surface area contributed by atoms with E-state index in [4.69, 9.17) is 0 Å². The molecule has 0 spiro atoms. The summed E-state index contributed by atoms with van der Waals surface area (Å²) in [5, 5.41) is 6.69. The first kappa shape index (κ1) is 8.62. The SMILES string of the molecule is CC(=O)c1ccnc(-c2cc[nH]n2)c1. The Hall–Kier alpha value is -1.97. The van der Waals surface area contributed by atoms with Crippen LogP contribution < -0.4 is 0 Å². The monoisotopic (exact) mass is 187 g/mol. The topological polar surface area (TPSA) is 58.6 Å². The standard InChI is InChI=1S/C10H9N3O/c1-7(14)8-2-4-11-10(6-8)9-3-5-12-13-9/h2-6H,1H3,(H,12,13). The van der Waals surface area contributed by atoms with Crippen molar-refractivity contribution in [3.63, 3.8) is 0 Å². The fourth-order valence-electron chi connectivity index (χ4n) is 1.19. The van der Waals surface area contributed by atoms with Gasteiger partial charge in [0.15, 0.2) is 5.78 Å². The summed E-state index contributed by atoms with van der Waals surface area (Å²) >= 11 is 0. The number of hydrogen-bond acceptors (Lipinski definition) is 3. The summed E-state index contributed by atoms with van der Waals surface area (Å²) in [5.74, 6) is 0.0317. The minimum Gasteiger partial charge on any atom is -0.295 e. The number of nitrogens with zero attached hydrogens (tertiary/aromatic N) is 2. The molecule has 0 unspecified atom stereocenters. The number of rotatable bonds is 2. The van der Waals surface area contributed by atoms with Crippen molar-refractivity contribution in [2.24, 2.45) is 0 Å². The molecule has 70 valence electrons. The number of pyridine rings is 1. The van der Waals surface area contributed by atoms with Gasteiger partial charge in [-0.25, -0.2) is 0 Å². The zero-order valence-electron chi connectivity index (χ0n) is 7.69. The highest BCUT2D eigenvalue weighted by atomic mass is 16.1. The van der Waals surface area contributed by atoms with Crippen LogP contribution in [0.3, 0.4) is 0 Å². The van der Waals surface area contributed by atoms with Crippen molar-refractivity contribution in [1.29, 1.82) is 0 Å². The van der Waals surface area contributed by atoms with Crippen molar-refractivity contribution in [2.75, 3.05) is 0 Å². The molecule has 2 aromatic rings. The molecule has 2 heterocycles. The molecule has 0 fully saturated rings. The van der Waals surface area contributed by atoms with Gasteiger partial charge in [0.25, 0.3) is 0 Å². The number of nitrogens with one attached hydrogen (secondary N) is 1. The normalized spacial score (nSPS) is 10.1. The third-order valence-electron chi connectivity index (χ3n) is 1.93. The Labute approximate surface area is 81.0 Å². The molecule has 0 saturated heterocycles. The zero-order valence-corrected chi connectivity index (χ0v) is 7.69. The van der Waals surface area contributed by atoms with Crippen LogP contribution in [0.2, 0.25) is 0 Å². The minimum atomic E-state index is 0.0317. The highest BCUT2D eigenvalue weighted by Gasteiger charge is 2.04. The molecular formula is C10H9N3O. The number of aromatic amines is 1. The van der Waals surface area contributed by atoms with Crippen molar-refractivity contribution in [2.45, 2.75) is 6.92 Å². The zero-order chi connectivity index (χ0) is 9.97. The number of Topliss-reactive ketones (excluding diaryl/α,β-unsaturated/α-hetero) is 1. The Bertz CT molecular complexity index is 448. The van der Waals surface area contributed by atoms with Gasteiger partial charge in [0.1, 0.15) is 5.69 Å². The molecule has 0 amide bonds. The number of aromatic nitrogens is 3. The average Bonchev–Trinajstić information content (AvgIpc) is 2.71. The Morgan fingerprint density at radius 2 is 2.21 bits per heavy atom. The predicted molar refractivity (Wildman–Crippen MR) is 51.8 cm³/mol. The van der Waals surface area contributed by atoms with Crippen LogP contribution in [0, 0.1) is 0 Å². The molecule has 0 aromatic carbocycles. The van der Waals surface area contributed by atoms with Crippen LogP contribution >= 0.6 is 0 Å². The van der Waals surface area contributed by atoms with Crippen molar-refractivity contribution in [3.05, 3.63) is 36.2 Å². The predicted octanol–water partition coefficient (Wildman–Crippen LogP) is 1.67. The fraction of sp³-hybridized carbons (Fsp3) is 0.100. The molecule has 2 aromatic heterocycles. The summed E-state index contributed by atoms with van der Waals surface area (Å²) in [7, 11) is 0. The van der Waals surface area contributed by atoms with Crippen LogP contribution in [0.25, 0.3) is 11.4 Å². The van der Waals surface area contributed by atoms with Gasteiger partial charge in [0.05, 0.1) is 5.69 Å². The van der Waals surface area contributed by atoms with Crippen LogP contribution in [0.15, 0.2) is 30.6 Å². The van der Waals surface area contributed by atoms with E-state index in [-0.39, 0.29) is 5.78 Å². The molecule has 1 N–H and O–H groups in total. The lowest BCUT2D eigenvalue weighted by molar-refractivity contribution is 0.101. The second kappa shape index (κ2) is 3.41. The van der Waals surface area contributed by atoms with Gasteiger partial charge < -0.3 is 0 Å². The summed E-state index contributed by atoms with van der Waals surface area (Å²) in [6.07, 6.45) is 3.33. The van der Waals surface area contributed by atoms with E-state index in [1.807, 2.05) is 6.07 Å². The van der Waals surface area contributed by atoms with E-state index < -0.39 is 0 Å². The third-order valence-corrected chi connectivity index (χ3v) is 1.93. The summed E-state index contributed by atoms with van der Waals surface area (Å²) < 4.78 is 0. The van der Waals surface area contributed by atoms with Gasteiger partial charge in [-0.15, -0.1) is 0 Å². The second-order valence-corrected chi connectivity index (χ2v) is 2.95. The van der Waals surface area contributed by atoms with Gasteiger partial charge in [0.2, 0.25) is 0 Å². The number of carbonyl (C=O) groups is 1. The van der Waals surface area contributed by atoms with Gasteiger partial charge in [-0.2, -0.15) is 5.10 Å². The largest absolute Gasteiger partial charge is 0.295 e. The Balaban J connectivity index is 2.46. The first-order chi connectivity index (χ1) is 6.77. The van der Waals surface area contributed by atoms with Crippen LogP contribution in [-0.4, -0.2) is 21.0 Å². The highest BCUT2D eigenvalue weighted by molar-refractivity contribution is 5.94. The van der Waals surface area contributed by atoms with Gasteiger partial charge >= 0.3 is 0 Å². The van der Waals surface area contributed by atoms with E-state index in [0.29, 0.717) is 11.3 Å². The lowest BCUT2D eigenvalue weighted by Crippen LogP contribution is -1.93. The van der Waals surface area contributed by atoms with Gasteiger partial charge in [-0.3, -0.25) is 14.9 Å². The van der Waals surface area contributed by atoms with E-state index in [1.165, 1.54) is 6.92 Å². The van der Waals surface area contributed by atoms with Crippen LogP contribution in [0.4, 0.5) is 0 Å². The van der Waals surface area contributed by atoms with Crippen LogP contribution in [-0.2, 0) is 0 Å². The van der Waals surface area contributed by atoms with Crippen molar-refractivity contribution in [3.8, 4) is 11.4 Å². The van der Waals surface area contributed by atoms with Gasteiger partial charge in [-0.1, -0.05) is 0 Å². The van der Waals surface area contributed by atoms with Gasteiger partial charge in [-0.05, 0) is 25.1 Å². The Kier molecular flexibility index (Phi) is 2.10. The van der Waals surface area contributed by atoms with Crippen LogP contribution in [0.1, 0.15) is 17.3 Å². The maximum Gasteiger partial charge on any atom is 0.159 e. The highest BCUT2D eigenvalue weighted by Crippen LogP contribution is 2.14.